The van der Waals surface area contributed by atoms with Gasteiger partial charge in [0, 0.05) is 18.2 Å². The Labute approximate surface area is 115 Å². The van der Waals surface area contributed by atoms with E-state index >= 15 is 0 Å². The molecule has 0 aromatic carbocycles. The molecule has 1 aromatic rings. The van der Waals surface area contributed by atoms with E-state index in [4.69, 9.17) is 15.0 Å². The highest BCUT2D eigenvalue weighted by atomic mass is 16.5. The van der Waals surface area contributed by atoms with E-state index < -0.39 is 0 Å². The molecule has 2 atom stereocenters. The van der Waals surface area contributed by atoms with Gasteiger partial charge in [0.25, 0.3) is 0 Å². The molecule has 108 valence electrons. The Morgan fingerprint density at radius 3 is 2.63 bits per heavy atom. The second-order valence-electron chi connectivity index (χ2n) is 5.54. The van der Waals surface area contributed by atoms with Gasteiger partial charge in [-0.15, -0.1) is 0 Å². The van der Waals surface area contributed by atoms with Gasteiger partial charge in [-0.05, 0) is 58.4 Å². The number of nitrogens with two attached hydrogens (primary N) is 1. The first kappa shape index (κ1) is 14.6. The minimum absolute atomic E-state index is 0.179. The van der Waals surface area contributed by atoms with Gasteiger partial charge in [-0.1, -0.05) is 0 Å². The van der Waals surface area contributed by atoms with Crippen molar-refractivity contribution in [2.24, 2.45) is 5.84 Å². The van der Waals surface area contributed by atoms with Gasteiger partial charge in [-0.25, -0.2) is 0 Å². The smallest absolute Gasteiger partial charge is 0.106 e. The number of furan rings is 1. The zero-order valence-electron chi connectivity index (χ0n) is 12.3. The Bertz CT molecular complexity index is 409. The fourth-order valence-corrected chi connectivity index (χ4v) is 3.05. The number of hydrogen-bond donors (Lipinski definition) is 2. The fraction of sp³-hybridized carbons (Fsp3) is 0.733. The summed E-state index contributed by atoms with van der Waals surface area (Å²) in [6, 6.07) is 0.179. The van der Waals surface area contributed by atoms with Gasteiger partial charge in [0.1, 0.15) is 11.5 Å². The largest absolute Gasteiger partial charge is 0.466 e. The number of hydrogen-bond acceptors (Lipinski definition) is 4. The van der Waals surface area contributed by atoms with Crippen molar-refractivity contribution < 1.29 is 9.15 Å². The van der Waals surface area contributed by atoms with E-state index in [9.17, 15) is 0 Å². The maximum Gasteiger partial charge on any atom is 0.106 e. The molecule has 0 radical (unpaired) electrons. The highest BCUT2D eigenvalue weighted by Crippen LogP contribution is 2.30. The van der Waals surface area contributed by atoms with Crippen LogP contribution in [0.4, 0.5) is 0 Å². The molecular formula is C15H26N2O2. The minimum atomic E-state index is 0.179. The fourth-order valence-electron chi connectivity index (χ4n) is 3.05. The monoisotopic (exact) mass is 266 g/mol. The molecule has 0 amide bonds. The van der Waals surface area contributed by atoms with E-state index in [2.05, 4.69) is 12.3 Å². The molecule has 4 heteroatoms. The molecule has 2 heterocycles. The summed E-state index contributed by atoms with van der Waals surface area (Å²) in [6.45, 7) is 7.06. The van der Waals surface area contributed by atoms with Crippen LogP contribution in [0.3, 0.4) is 0 Å². The molecule has 19 heavy (non-hydrogen) atoms. The molecule has 0 spiro atoms. The van der Waals surface area contributed by atoms with E-state index in [-0.39, 0.29) is 6.04 Å². The van der Waals surface area contributed by atoms with Gasteiger partial charge >= 0.3 is 0 Å². The molecule has 2 rings (SSSR count). The average Bonchev–Trinajstić information content (AvgIpc) is 2.97. The summed E-state index contributed by atoms with van der Waals surface area (Å²) in [6.07, 6.45) is 6.17. The summed E-state index contributed by atoms with van der Waals surface area (Å²) in [4.78, 5) is 0. The van der Waals surface area contributed by atoms with E-state index in [1.165, 1.54) is 24.0 Å². The van der Waals surface area contributed by atoms with Crippen molar-refractivity contribution in [2.45, 2.75) is 65.0 Å². The van der Waals surface area contributed by atoms with Crippen molar-refractivity contribution >= 4 is 0 Å². The summed E-state index contributed by atoms with van der Waals surface area (Å²) >= 11 is 0. The molecule has 1 aliphatic heterocycles. The number of nitrogens with one attached hydrogen (secondary N) is 1. The topological polar surface area (TPSA) is 60.4 Å². The molecule has 2 unspecified atom stereocenters. The van der Waals surface area contributed by atoms with Gasteiger partial charge in [0.15, 0.2) is 0 Å². The third-order valence-corrected chi connectivity index (χ3v) is 4.21. The summed E-state index contributed by atoms with van der Waals surface area (Å²) in [7, 11) is 0. The lowest BCUT2D eigenvalue weighted by Gasteiger charge is -2.17. The predicted octanol–water partition coefficient (Wildman–Crippen LogP) is 3.06. The van der Waals surface area contributed by atoms with Crippen LogP contribution in [-0.4, -0.2) is 12.7 Å². The molecule has 0 saturated carbocycles. The zero-order chi connectivity index (χ0) is 13.8. The van der Waals surface area contributed by atoms with Gasteiger partial charge in [-0.3, -0.25) is 11.3 Å². The Balaban J connectivity index is 1.91. The zero-order valence-corrected chi connectivity index (χ0v) is 12.3. The Morgan fingerprint density at radius 2 is 2.11 bits per heavy atom. The Morgan fingerprint density at radius 1 is 1.32 bits per heavy atom. The first-order chi connectivity index (χ1) is 9.13. The van der Waals surface area contributed by atoms with Crippen LogP contribution in [0.5, 0.6) is 0 Å². The second-order valence-corrected chi connectivity index (χ2v) is 5.54. The quantitative estimate of drug-likeness (QED) is 0.613. The summed E-state index contributed by atoms with van der Waals surface area (Å²) < 4.78 is 11.3. The van der Waals surface area contributed by atoms with E-state index in [0.717, 1.165) is 37.4 Å². The van der Waals surface area contributed by atoms with Crippen molar-refractivity contribution in [3.63, 3.8) is 0 Å². The van der Waals surface area contributed by atoms with Gasteiger partial charge in [-0.2, -0.15) is 0 Å². The van der Waals surface area contributed by atoms with Crippen LogP contribution in [0.1, 0.15) is 60.8 Å². The summed E-state index contributed by atoms with van der Waals surface area (Å²) in [5.41, 5.74) is 5.39. The summed E-state index contributed by atoms with van der Waals surface area (Å²) in [5, 5.41) is 0. The maximum atomic E-state index is 5.72. The SMILES string of the molecule is Cc1oc(C)c(C(CCCC2CCCO2)NN)c1C. The van der Waals surface area contributed by atoms with Crippen LogP contribution in [0.2, 0.25) is 0 Å². The van der Waals surface area contributed by atoms with Gasteiger partial charge in [0.2, 0.25) is 0 Å². The number of aryl methyl sites for hydroxylation is 2. The lowest BCUT2D eigenvalue weighted by Crippen LogP contribution is -2.29. The maximum absolute atomic E-state index is 5.72. The normalized spacial score (nSPS) is 20.9. The van der Waals surface area contributed by atoms with Crippen molar-refractivity contribution in [1.82, 2.24) is 5.43 Å². The first-order valence-electron chi connectivity index (χ1n) is 7.27. The van der Waals surface area contributed by atoms with Crippen molar-refractivity contribution in [1.29, 1.82) is 0 Å². The van der Waals surface area contributed by atoms with E-state index in [0.29, 0.717) is 6.10 Å². The lowest BCUT2D eigenvalue weighted by atomic mass is 9.97. The Kier molecular flexibility index (Phi) is 5.02. The van der Waals surface area contributed by atoms with Gasteiger partial charge in [0.05, 0.1) is 6.10 Å². The molecule has 0 aliphatic carbocycles. The van der Waals surface area contributed by atoms with Crippen LogP contribution >= 0.6 is 0 Å². The highest BCUT2D eigenvalue weighted by Gasteiger charge is 2.21. The molecule has 1 aliphatic rings. The minimum Gasteiger partial charge on any atom is -0.466 e. The standard InChI is InChI=1S/C15H26N2O2/c1-10-11(2)19-12(3)15(10)14(17-16)8-4-6-13-7-5-9-18-13/h13-14,17H,4-9,16H2,1-3H3. The van der Waals surface area contributed by atoms with Crippen LogP contribution in [0.15, 0.2) is 4.42 Å². The van der Waals surface area contributed by atoms with Crippen molar-refractivity contribution in [3.8, 4) is 0 Å². The second kappa shape index (κ2) is 6.55. The lowest BCUT2D eigenvalue weighted by molar-refractivity contribution is 0.101. The molecule has 1 aromatic heterocycles. The van der Waals surface area contributed by atoms with Crippen molar-refractivity contribution in [2.75, 3.05) is 6.61 Å². The first-order valence-corrected chi connectivity index (χ1v) is 7.27. The molecule has 4 nitrogen and oxygen atoms in total. The number of rotatable bonds is 6. The van der Waals surface area contributed by atoms with Crippen LogP contribution < -0.4 is 11.3 Å². The average molecular weight is 266 g/mol. The highest BCUT2D eigenvalue weighted by molar-refractivity contribution is 5.34. The molecule has 3 N–H and O–H groups in total. The van der Waals surface area contributed by atoms with E-state index in [1.54, 1.807) is 0 Å². The molecule has 0 bridgehead atoms. The van der Waals surface area contributed by atoms with E-state index in [1.807, 2.05) is 13.8 Å². The van der Waals surface area contributed by atoms with Gasteiger partial charge < -0.3 is 9.15 Å². The molecule has 1 saturated heterocycles. The number of ether oxygens (including phenoxy) is 1. The molecular weight excluding hydrogens is 240 g/mol. The summed E-state index contributed by atoms with van der Waals surface area (Å²) in [5.74, 6) is 7.70. The third-order valence-electron chi connectivity index (χ3n) is 4.21. The third kappa shape index (κ3) is 3.38. The predicted molar refractivity (Wildman–Crippen MR) is 75.8 cm³/mol. The van der Waals surface area contributed by atoms with Crippen molar-refractivity contribution in [3.05, 3.63) is 22.6 Å². The molecule has 1 fully saturated rings. The van der Waals surface area contributed by atoms with Crippen LogP contribution in [0, 0.1) is 20.8 Å². The van der Waals surface area contributed by atoms with Crippen LogP contribution in [0.25, 0.3) is 0 Å². The van der Waals surface area contributed by atoms with Crippen LogP contribution in [-0.2, 0) is 4.74 Å². The Hall–Kier alpha value is -0.840. The number of hydrazine groups is 1.